The summed E-state index contributed by atoms with van der Waals surface area (Å²) in [6, 6.07) is 10.9. The molecule has 0 N–H and O–H groups in total. The molecular formula is C19H14N6O4. The fourth-order valence-electron chi connectivity index (χ4n) is 2.76. The molecule has 0 atom stereocenters. The normalized spacial score (nSPS) is 10.7. The van der Waals surface area contributed by atoms with Crippen molar-refractivity contribution < 1.29 is 14.5 Å². The van der Waals surface area contributed by atoms with E-state index in [9.17, 15) is 14.9 Å². The Kier molecular flexibility index (Phi) is 4.57. The highest BCUT2D eigenvalue weighted by molar-refractivity contribution is 6.07. The Bertz CT molecular complexity index is 1200. The predicted molar refractivity (Wildman–Crippen MR) is 101 cm³/mol. The minimum atomic E-state index is -0.591. The molecule has 10 nitrogen and oxygen atoms in total. The van der Waals surface area contributed by atoms with Gasteiger partial charge < -0.3 is 9.30 Å². The number of hydrogen-bond donors (Lipinski definition) is 0. The lowest BCUT2D eigenvalue weighted by Crippen LogP contribution is -2.09. The maximum absolute atomic E-state index is 12.6. The largest absolute Gasteiger partial charge is 0.450 e. The van der Waals surface area contributed by atoms with Crippen LogP contribution in [-0.4, -0.2) is 35.3 Å². The SMILES string of the molecule is Cn1ccnc1C(=O)c1ccc(Oc2cccc(-n3ccnn3)c2)c([N+](=O)[O-])c1. The van der Waals surface area contributed by atoms with E-state index in [0.29, 0.717) is 11.4 Å². The van der Waals surface area contributed by atoms with Crippen LogP contribution in [0.4, 0.5) is 5.69 Å². The third kappa shape index (κ3) is 3.58. The number of benzene rings is 2. The van der Waals surface area contributed by atoms with Crippen LogP contribution in [0.1, 0.15) is 16.2 Å². The molecule has 0 saturated heterocycles. The van der Waals surface area contributed by atoms with Gasteiger partial charge in [-0.05, 0) is 24.3 Å². The Balaban J connectivity index is 1.66. The van der Waals surface area contributed by atoms with Crippen molar-refractivity contribution in [2.24, 2.45) is 7.05 Å². The molecule has 0 bridgehead atoms. The number of nitro benzene ring substituents is 1. The molecular weight excluding hydrogens is 376 g/mol. The van der Waals surface area contributed by atoms with Crippen LogP contribution in [0, 0.1) is 10.1 Å². The molecule has 0 amide bonds. The third-order valence-corrected chi connectivity index (χ3v) is 4.17. The summed E-state index contributed by atoms with van der Waals surface area (Å²) in [7, 11) is 1.67. The zero-order valence-electron chi connectivity index (χ0n) is 15.2. The number of carbonyl (C=O) groups is 1. The molecule has 0 aliphatic rings. The number of aryl methyl sites for hydroxylation is 1. The minimum absolute atomic E-state index is 0.0159. The molecule has 29 heavy (non-hydrogen) atoms. The highest BCUT2D eigenvalue weighted by atomic mass is 16.6. The Morgan fingerprint density at radius 1 is 1.14 bits per heavy atom. The van der Waals surface area contributed by atoms with Crippen molar-refractivity contribution in [1.29, 1.82) is 0 Å². The molecule has 2 heterocycles. The second-order valence-electron chi connectivity index (χ2n) is 6.08. The van der Waals surface area contributed by atoms with Gasteiger partial charge >= 0.3 is 5.69 Å². The van der Waals surface area contributed by atoms with Gasteiger partial charge in [-0.1, -0.05) is 11.3 Å². The van der Waals surface area contributed by atoms with E-state index in [1.165, 1.54) is 35.3 Å². The topological polar surface area (TPSA) is 118 Å². The zero-order valence-corrected chi connectivity index (χ0v) is 15.2. The van der Waals surface area contributed by atoms with Gasteiger partial charge in [-0.3, -0.25) is 14.9 Å². The van der Waals surface area contributed by atoms with Gasteiger partial charge in [-0.25, -0.2) is 9.67 Å². The van der Waals surface area contributed by atoms with E-state index in [4.69, 9.17) is 4.74 Å². The summed E-state index contributed by atoms with van der Waals surface area (Å²) in [5.41, 5.74) is 0.509. The van der Waals surface area contributed by atoms with Gasteiger partial charge in [0.1, 0.15) is 5.75 Å². The number of hydrogen-bond acceptors (Lipinski definition) is 7. The van der Waals surface area contributed by atoms with Gasteiger partial charge in [0.15, 0.2) is 5.82 Å². The van der Waals surface area contributed by atoms with Gasteiger partial charge in [-0.2, -0.15) is 0 Å². The van der Waals surface area contributed by atoms with Crippen molar-refractivity contribution >= 4 is 11.5 Å². The number of rotatable bonds is 6. The van der Waals surface area contributed by atoms with Crippen molar-refractivity contribution in [2.75, 3.05) is 0 Å². The third-order valence-electron chi connectivity index (χ3n) is 4.17. The van der Waals surface area contributed by atoms with Gasteiger partial charge in [0, 0.05) is 37.1 Å². The first-order chi connectivity index (χ1) is 14.0. The number of ether oxygens (including phenoxy) is 1. The predicted octanol–water partition coefficient (Wildman–Crippen LogP) is 2.93. The van der Waals surface area contributed by atoms with Crippen LogP contribution in [-0.2, 0) is 7.05 Å². The van der Waals surface area contributed by atoms with Gasteiger partial charge in [0.2, 0.25) is 11.5 Å². The van der Waals surface area contributed by atoms with Gasteiger partial charge in [0.05, 0.1) is 23.0 Å². The summed E-state index contributed by atoms with van der Waals surface area (Å²) in [6.07, 6.45) is 6.32. The van der Waals surface area contributed by atoms with Crippen LogP contribution in [0.15, 0.2) is 67.3 Å². The summed E-state index contributed by atoms with van der Waals surface area (Å²) in [5.74, 6) is 0.167. The Labute approximate surface area is 164 Å². The van der Waals surface area contributed by atoms with Gasteiger partial charge in [-0.15, -0.1) is 5.10 Å². The number of nitrogens with zero attached hydrogens (tertiary/aromatic N) is 6. The highest BCUT2D eigenvalue weighted by Gasteiger charge is 2.22. The van der Waals surface area contributed by atoms with E-state index in [1.807, 2.05) is 0 Å². The number of nitro groups is 1. The average molecular weight is 390 g/mol. The van der Waals surface area contributed by atoms with E-state index in [1.54, 1.807) is 48.3 Å². The van der Waals surface area contributed by atoms with Crippen molar-refractivity contribution in [3.05, 3.63) is 88.8 Å². The fraction of sp³-hybridized carbons (Fsp3) is 0.0526. The molecule has 4 rings (SSSR count). The van der Waals surface area contributed by atoms with Crippen molar-refractivity contribution in [3.63, 3.8) is 0 Å². The molecule has 0 saturated carbocycles. The molecule has 0 aliphatic carbocycles. The molecule has 0 spiro atoms. The Hall–Kier alpha value is -4.34. The molecule has 2 aromatic carbocycles. The maximum atomic E-state index is 12.6. The maximum Gasteiger partial charge on any atom is 0.312 e. The van der Waals surface area contributed by atoms with Crippen LogP contribution >= 0.6 is 0 Å². The first-order valence-corrected chi connectivity index (χ1v) is 8.48. The number of ketones is 1. The summed E-state index contributed by atoms with van der Waals surface area (Å²) >= 11 is 0. The van der Waals surface area contributed by atoms with Crippen molar-refractivity contribution in [1.82, 2.24) is 24.5 Å². The zero-order chi connectivity index (χ0) is 20.4. The summed E-state index contributed by atoms with van der Waals surface area (Å²) < 4.78 is 8.81. The summed E-state index contributed by atoms with van der Waals surface area (Å²) in [5, 5.41) is 19.2. The Morgan fingerprint density at radius 3 is 2.69 bits per heavy atom. The van der Waals surface area contributed by atoms with E-state index >= 15 is 0 Å². The number of carbonyl (C=O) groups excluding carboxylic acids is 1. The standard InChI is InChI=1S/C19H14N6O4/c1-23-9-7-20-19(23)18(26)13-5-6-17(16(11-13)25(27)28)29-15-4-2-3-14(12-15)24-10-8-21-22-24/h2-12H,1H3. The molecule has 4 aromatic rings. The molecule has 0 radical (unpaired) electrons. The lowest BCUT2D eigenvalue weighted by atomic mass is 10.1. The van der Waals surface area contributed by atoms with Crippen molar-refractivity contribution in [2.45, 2.75) is 0 Å². The minimum Gasteiger partial charge on any atom is -0.450 e. The summed E-state index contributed by atoms with van der Waals surface area (Å²) in [6.45, 7) is 0. The molecule has 10 heteroatoms. The molecule has 0 fully saturated rings. The first kappa shape index (κ1) is 18.0. The second-order valence-corrected chi connectivity index (χ2v) is 6.08. The van der Waals surface area contributed by atoms with Crippen LogP contribution in [0.3, 0.4) is 0 Å². The van der Waals surface area contributed by atoms with Crippen LogP contribution < -0.4 is 4.74 Å². The highest BCUT2D eigenvalue weighted by Crippen LogP contribution is 2.33. The lowest BCUT2D eigenvalue weighted by Gasteiger charge is -2.09. The van der Waals surface area contributed by atoms with Crippen LogP contribution in [0.25, 0.3) is 5.69 Å². The average Bonchev–Trinajstić information content (AvgIpc) is 3.40. The first-order valence-electron chi connectivity index (χ1n) is 8.48. The summed E-state index contributed by atoms with van der Waals surface area (Å²) in [4.78, 5) is 27.5. The van der Waals surface area contributed by atoms with Gasteiger partial charge in [0.25, 0.3) is 0 Å². The van der Waals surface area contributed by atoms with E-state index in [2.05, 4.69) is 15.3 Å². The van der Waals surface area contributed by atoms with Crippen LogP contribution in [0.2, 0.25) is 0 Å². The van der Waals surface area contributed by atoms with Crippen LogP contribution in [0.5, 0.6) is 11.5 Å². The van der Waals surface area contributed by atoms with E-state index in [-0.39, 0.29) is 22.8 Å². The lowest BCUT2D eigenvalue weighted by molar-refractivity contribution is -0.385. The molecule has 2 aromatic heterocycles. The monoisotopic (exact) mass is 390 g/mol. The molecule has 0 aliphatic heterocycles. The van der Waals surface area contributed by atoms with E-state index in [0.717, 1.165) is 0 Å². The second kappa shape index (κ2) is 7.35. The quantitative estimate of drug-likeness (QED) is 0.282. The number of aromatic nitrogens is 5. The Morgan fingerprint density at radius 2 is 2.00 bits per heavy atom. The molecule has 144 valence electrons. The number of imidazole rings is 1. The smallest absolute Gasteiger partial charge is 0.312 e. The van der Waals surface area contributed by atoms with Crippen molar-refractivity contribution in [3.8, 4) is 17.2 Å². The molecule has 0 unspecified atom stereocenters. The van der Waals surface area contributed by atoms with E-state index < -0.39 is 10.7 Å². The fourth-order valence-corrected chi connectivity index (χ4v) is 2.76.